The molecule has 0 amide bonds. The number of halogens is 8. The van der Waals surface area contributed by atoms with Gasteiger partial charge in [-0.1, -0.05) is 0 Å². The lowest BCUT2D eigenvalue weighted by molar-refractivity contribution is -0.692. The molecular weight excluding hydrogens is 350 g/mol. The van der Waals surface area contributed by atoms with Crippen LogP contribution in [-0.4, -0.2) is 24.5 Å². The van der Waals surface area contributed by atoms with Crippen LogP contribution in [0.4, 0.5) is 34.5 Å². The molecule has 14 heteroatoms. The minimum absolute atomic E-state index is 1.05. The Balaban J connectivity index is 0. The molecule has 140 valence electrons. The third-order valence-corrected chi connectivity index (χ3v) is 1.94. The predicted octanol–water partition coefficient (Wildman–Crippen LogP) is 3.24. The molecule has 2 heterocycles. The fourth-order valence-electron chi connectivity index (χ4n) is 1.03. The van der Waals surface area contributed by atoms with Crippen LogP contribution in [0.5, 0.6) is 0 Å². The van der Waals surface area contributed by atoms with Gasteiger partial charge in [0.2, 0.25) is 12.7 Å². The van der Waals surface area contributed by atoms with Gasteiger partial charge in [0.05, 0.1) is 13.1 Å². The zero-order valence-electron chi connectivity index (χ0n) is 13.0. The number of hydrogen-bond donors (Lipinski definition) is 2. The van der Waals surface area contributed by atoms with Gasteiger partial charge in [-0.2, -0.15) is 0 Å². The van der Waals surface area contributed by atoms with Crippen LogP contribution in [0.1, 0.15) is 13.8 Å². The normalized spacial score (nSPS) is 10.4. The second-order valence-corrected chi connectivity index (χ2v) is 3.87. The predicted molar refractivity (Wildman–Crippen MR) is 73.7 cm³/mol. The number of imidazole rings is 2. The lowest BCUT2D eigenvalue weighted by atomic mass is 10.3. The largest absolute Gasteiger partial charge is 0.673 e. The van der Waals surface area contributed by atoms with Crippen LogP contribution in [0.15, 0.2) is 37.4 Å². The summed E-state index contributed by atoms with van der Waals surface area (Å²) in [6.45, 7) is 6.30. The molecule has 2 rings (SSSR count). The van der Waals surface area contributed by atoms with Crippen molar-refractivity contribution < 1.29 is 43.7 Å². The Morgan fingerprint density at radius 1 is 0.667 bits per heavy atom. The molecule has 0 radical (unpaired) electrons. The van der Waals surface area contributed by atoms with Gasteiger partial charge in [0.15, 0.2) is 0 Å². The van der Waals surface area contributed by atoms with E-state index < -0.39 is 14.5 Å². The van der Waals surface area contributed by atoms with E-state index in [1.165, 1.54) is 0 Å². The van der Waals surface area contributed by atoms with Gasteiger partial charge in [0.25, 0.3) is 0 Å². The smallest absolute Gasteiger partial charge is 0.418 e. The molecule has 2 aromatic rings. The number of aromatic amines is 2. The van der Waals surface area contributed by atoms with Crippen molar-refractivity contribution in [1.82, 2.24) is 9.97 Å². The molecule has 0 saturated heterocycles. The van der Waals surface area contributed by atoms with Crippen molar-refractivity contribution in [2.24, 2.45) is 0 Å². The summed E-state index contributed by atoms with van der Waals surface area (Å²) in [4.78, 5) is 5.89. The monoisotopic (exact) mass is 368 g/mol. The average molecular weight is 368 g/mol. The number of hydrogen-bond acceptors (Lipinski definition) is 0. The maximum Gasteiger partial charge on any atom is 0.673 e. The summed E-state index contributed by atoms with van der Waals surface area (Å²) in [7, 11) is -12.0. The Morgan fingerprint density at radius 2 is 0.917 bits per heavy atom. The van der Waals surface area contributed by atoms with E-state index >= 15 is 0 Å². The fraction of sp³-hybridized carbons (Fsp3) is 0.400. The van der Waals surface area contributed by atoms with Gasteiger partial charge in [-0.05, 0) is 13.8 Å². The molecule has 0 spiro atoms. The van der Waals surface area contributed by atoms with Gasteiger partial charge < -0.3 is 34.5 Å². The van der Waals surface area contributed by atoms with Crippen LogP contribution in [0.3, 0.4) is 0 Å². The first-order valence-corrected chi connectivity index (χ1v) is 6.65. The Labute approximate surface area is 133 Å². The zero-order valence-corrected chi connectivity index (χ0v) is 13.0. The topological polar surface area (TPSA) is 39.3 Å². The molecule has 0 fully saturated rings. The first-order chi connectivity index (χ1) is 10.9. The first-order valence-electron chi connectivity index (χ1n) is 6.65. The standard InChI is InChI=1S/2C5H8N2.2BF4/c2*1-2-7-4-3-6-5-7;2*2-1(3,4)5/h2*3-5H,2H2,1H3;;/q;;2*-1/p+2. The second kappa shape index (κ2) is 12.4. The summed E-state index contributed by atoms with van der Waals surface area (Å²) in [5, 5.41) is 0. The molecule has 2 aromatic heterocycles. The van der Waals surface area contributed by atoms with Crippen LogP contribution >= 0.6 is 0 Å². The Morgan fingerprint density at radius 3 is 1.00 bits per heavy atom. The maximum atomic E-state index is 9.75. The third-order valence-electron chi connectivity index (χ3n) is 1.94. The highest BCUT2D eigenvalue weighted by Gasteiger charge is 2.21. The van der Waals surface area contributed by atoms with E-state index in [0.717, 1.165) is 13.1 Å². The number of nitrogens with one attached hydrogen (secondary N) is 2. The summed E-state index contributed by atoms with van der Waals surface area (Å²) >= 11 is 0. The first kappa shape index (κ1) is 24.2. The second-order valence-electron chi connectivity index (χ2n) is 3.87. The molecule has 0 aliphatic rings. The molecule has 0 unspecified atom stereocenters. The minimum Gasteiger partial charge on any atom is -0.418 e. The van der Waals surface area contributed by atoms with Crippen LogP contribution in [0, 0.1) is 0 Å². The van der Waals surface area contributed by atoms with Crippen molar-refractivity contribution in [2.45, 2.75) is 26.9 Å². The van der Waals surface area contributed by atoms with Crippen LogP contribution in [0.2, 0.25) is 0 Å². The lowest BCUT2D eigenvalue weighted by Crippen LogP contribution is -2.27. The van der Waals surface area contributed by atoms with Gasteiger partial charge in [-0.25, -0.2) is 9.13 Å². The number of rotatable bonds is 2. The van der Waals surface area contributed by atoms with E-state index in [1.54, 1.807) is 0 Å². The molecule has 0 atom stereocenters. The Kier molecular flexibility index (Phi) is 12.5. The van der Waals surface area contributed by atoms with Crippen LogP contribution in [0.25, 0.3) is 0 Å². The zero-order chi connectivity index (χ0) is 19.2. The molecular formula is C10H18B2F8N4. The molecule has 24 heavy (non-hydrogen) atoms. The van der Waals surface area contributed by atoms with E-state index in [-0.39, 0.29) is 0 Å². The number of nitrogens with zero attached hydrogens (tertiary/aromatic N) is 2. The number of aromatic nitrogens is 4. The molecule has 0 saturated carbocycles. The van der Waals surface area contributed by atoms with E-state index in [1.807, 2.05) is 37.4 Å². The summed E-state index contributed by atoms with van der Waals surface area (Å²) < 4.78 is 82.1. The van der Waals surface area contributed by atoms with Gasteiger partial charge in [-0.3, -0.25) is 9.97 Å². The van der Waals surface area contributed by atoms with Gasteiger partial charge in [0, 0.05) is 0 Å². The van der Waals surface area contributed by atoms with E-state index in [9.17, 15) is 34.5 Å². The van der Waals surface area contributed by atoms with Crippen molar-refractivity contribution >= 4 is 14.5 Å². The summed E-state index contributed by atoms with van der Waals surface area (Å²) in [6.07, 6.45) is 11.7. The SMILES string of the molecule is CC[n+]1cc[nH]c1.CC[n+]1cc[nH]c1.F[B-](F)(F)F.F[B-](F)(F)F. The highest BCUT2D eigenvalue weighted by atomic mass is 19.5. The number of H-pyrrole nitrogens is 2. The van der Waals surface area contributed by atoms with Crippen molar-refractivity contribution in [3.8, 4) is 0 Å². The van der Waals surface area contributed by atoms with Gasteiger partial charge in [-0.15, -0.1) is 0 Å². The summed E-state index contributed by atoms with van der Waals surface area (Å²) in [5.41, 5.74) is 0. The van der Waals surface area contributed by atoms with E-state index in [4.69, 9.17) is 0 Å². The molecule has 4 nitrogen and oxygen atoms in total. The molecule has 0 aromatic carbocycles. The molecule has 0 aliphatic heterocycles. The quantitative estimate of drug-likeness (QED) is 0.465. The average Bonchev–Trinajstić information content (AvgIpc) is 3.09. The summed E-state index contributed by atoms with van der Waals surface area (Å²) in [6, 6.07) is 0. The molecule has 0 aliphatic carbocycles. The minimum atomic E-state index is -6.00. The van der Waals surface area contributed by atoms with Crippen molar-refractivity contribution in [2.75, 3.05) is 0 Å². The van der Waals surface area contributed by atoms with Gasteiger partial charge >= 0.3 is 14.5 Å². The van der Waals surface area contributed by atoms with Crippen molar-refractivity contribution in [3.05, 3.63) is 37.4 Å². The summed E-state index contributed by atoms with van der Waals surface area (Å²) in [5.74, 6) is 0. The number of aryl methyl sites for hydroxylation is 2. The highest BCUT2D eigenvalue weighted by molar-refractivity contribution is 6.50. The maximum absolute atomic E-state index is 9.75. The molecule has 2 N–H and O–H groups in total. The van der Waals surface area contributed by atoms with E-state index in [2.05, 4.69) is 32.9 Å². The Bertz CT molecular complexity index is 426. The van der Waals surface area contributed by atoms with Crippen LogP contribution in [-0.2, 0) is 13.1 Å². The van der Waals surface area contributed by atoms with E-state index in [0.29, 0.717) is 0 Å². The van der Waals surface area contributed by atoms with Crippen LogP contribution < -0.4 is 9.13 Å². The van der Waals surface area contributed by atoms with Crippen molar-refractivity contribution in [1.29, 1.82) is 0 Å². The lowest BCUT2D eigenvalue weighted by Gasteiger charge is -1.94. The highest BCUT2D eigenvalue weighted by Crippen LogP contribution is 2.07. The Hall–Kier alpha value is -2.01. The van der Waals surface area contributed by atoms with Gasteiger partial charge in [0.1, 0.15) is 24.8 Å². The fourth-order valence-corrected chi connectivity index (χ4v) is 1.03. The third kappa shape index (κ3) is 28.2. The molecule has 0 bridgehead atoms. The van der Waals surface area contributed by atoms with Crippen molar-refractivity contribution in [3.63, 3.8) is 0 Å².